The Balaban J connectivity index is 2.49. The van der Waals surface area contributed by atoms with Crippen LogP contribution in [0.5, 0.6) is 0 Å². The van der Waals surface area contributed by atoms with Crippen molar-refractivity contribution in [3.8, 4) is 0 Å². The monoisotopic (exact) mass is 174 g/mol. The van der Waals surface area contributed by atoms with E-state index in [2.05, 4.69) is 63.3 Å². The van der Waals surface area contributed by atoms with Gasteiger partial charge in [-0.05, 0) is 17.4 Å². The molecule has 1 rings (SSSR count). The molecule has 1 aromatic carbocycles. The van der Waals surface area contributed by atoms with Gasteiger partial charge in [0.15, 0.2) is 0 Å². The Hall–Kier alpha value is -1.04. The SMILES string of the molecule is CC(C)(C)/C=C/Cc1ccccc1. The number of hydrogen-bond donors (Lipinski definition) is 0. The van der Waals surface area contributed by atoms with Crippen molar-refractivity contribution in [3.05, 3.63) is 48.0 Å². The normalized spacial score (nSPS) is 12.2. The second-order valence-electron chi connectivity index (χ2n) is 4.46. The van der Waals surface area contributed by atoms with E-state index < -0.39 is 0 Å². The molecule has 13 heavy (non-hydrogen) atoms. The Morgan fingerprint density at radius 1 is 1.08 bits per heavy atom. The summed E-state index contributed by atoms with van der Waals surface area (Å²) in [6.07, 6.45) is 5.55. The minimum absolute atomic E-state index is 0.300. The maximum atomic E-state index is 2.26. The average molecular weight is 174 g/mol. The maximum Gasteiger partial charge on any atom is -0.00973 e. The van der Waals surface area contributed by atoms with Crippen molar-refractivity contribution in [1.29, 1.82) is 0 Å². The van der Waals surface area contributed by atoms with Gasteiger partial charge in [0.05, 0.1) is 0 Å². The van der Waals surface area contributed by atoms with Gasteiger partial charge in [0.1, 0.15) is 0 Å². The molecule has 0 aliphatic rings. The highest BCUT2D eigenvalue weighted by Gasteiger charge is 2.02. The third-order valence-electron chi connectivity index (χ3n) is 1.81. The molecule has 0 radical (unpaired) electrons. The topological polar surface area (TPSA) is 0 Å². The van der Waals surface area contributed by atoms with E-state index in [1.165, 1.54) is 5.56 Å². The summed E-state index contributed by atoms with van der Waals surface area (Å²) < 4.78 is 0. The first kappa shape index (κ1) is 10.0. The molecule has 0 aromatic heterocycles. The molecule has 0 spiro atoms. The standard InChI is InChI=1S/C13H18/c1-13(2,3)11-7-10-12-8-5-4-6-9-12/h4-9,11H,10H2,1-3H3/b11-7+. The van der Waals surface area contributed by atoms with Crippen LogP contribution >= 0.6 is 0 Å². The highest BCUT2D eigenvalue weighted by molar-refractivity contribution is 5.17. The van der Waals surface area contributed by atoms with Crippen LogP contribution in [0.1, 0.15) is 26.3 Å². The molecule has 0 nitrogen and oxygen atoms in total. The van der Waals surface area contributed by atoms with Gasteiger partial charge in [-0.15, -0.1) is 0 Å². The van der Waals surface area contributed by atoms with Gasteiger partial charge in [0, 0.05) is 0 Å². The maximum absolute atomic E-state index is 2.26. The number of rotatable bonds is 2. The Morgan fingerprint density at radius 3 is 2.23 bits per heavy atom. The largest absolute Gasteiger partial charge is 0.0836 e. The quantitative estimate of drug-likeness (QED) is 0.598. The second kappa shape index (κ2) is 4.27. The first-order valence-electron chi connectivity index (χ1n) is 4.79. The minimum atomic E-state index is 0.300. The zero-order chi connectivity index (χ0) is 9.73. The van der Waals surface area contributed by atoms with Gasteiger partial charge in [-0.25, -0.2) is 0 Å². The van der Waals surface area contributed by atoms with Crippen molar-refractivity contribution in [2.75, 3.05) is 0 Å². The number of allylic oxidation sites excluding steroid dienone is 2. The summed E-state index contributed by atoms with van der Waals surface area (Å²) >= 11 is 0. The third-order valence-corrected chi connectivity index (χ3v) is 1.81. The summed E-state index contributed by atoms with van der Waals surface area (Å²) in [6, 6.07) is 10.5. The molecular formula is C13H18. The smallest absolute Gasteiger partial charge is 0.00973 e. The molecule has 0 saturated carbocycles. The van der Waals surface area contributed by atoms with Crippen LogP contribution < -0.4 is 0 Å². The number of benzene rings is 1. The fourth-order valence-electron chi connectivity index (χ4n) is 1.16. The molecule has 0 unspecified atom stereocenters. The van der Waals surface area contributed by atoms with E-state index in [9.17, 15) is 0 Å². The van der Waals surface area contributed by atoms with Crippen molar-refractivity contribution in [2.45, 2.75) is 27.2 Å². The van der Waals surface area contributed by atoms with Gasteiger partial charge in [0.2, 0.25) is 0 Å². The van der Waals surface area contributed by atoms with Crippen molar-refractivity contribution in [3.63, 3.8) is 0 Å². The summed E-state index contributed by atoms with van der Waals surface area (Å²) in [5.74, 6) is 0. The van der Waals surface area contributed by atoms with Gasteiger partial charge in [0.25, 0.3) is 0 Å². The van der Waals surface area contributed by atoms with Crippen LogP contribution in [0.4, 0.5) is 0 Å². The Labute approximate surface area is 81.3 Å². The summed E-state index contributed by atoms with van der Waals surface area (Å²) in [5, 5.41) is 0. The van der Waals surface area contributed by atoms with Crippen LogP contribution in [-0.2, 0) is 6.42 Å². The average Bonchev–Trinajstić information content (AvgIpc) is 2.04. The fraction of sp³-hybridized carbons (Fsp3) is 0.385. The molecule has 0 heterocycles. The molecule has 0 heteroatoms. The van der Waals surface area contributed by atoms with Crippen LogP contribution in [0.25, 0.3) is 0 Å². The number of hydrogen-bond acceptors (Lipinski definition) is 0. The lowest BCUT2D eigenvalue weighted by molar-refractivity contribution is 0.542. The lowest BCUT2D eigenvalue weighted by atomic mass is 9.95. The summed E-state index contributed by atoms with van der Waals surface area (Å²) in [4.78, 5) is 0. The molecule has 1 aromatic rings. The van der Waals surface area contributed by atoms with Crippen molar-refractivity contribution < 1.29 is 0 Å². The molecular weight excluding hydrogens is 156 g/mol. The van der Waals surface area contributed by atoms with Crippen LogP contribution in [-0.4, -0.2) is 0 Å². The Bertz CT molecular complexity index is 262. The van der Waals surface area contributed by atoms with Crippen LogP contribution in [0.15, 0.2) is 42.5 Å². The van der Waals surface area contributed by atoms with Gasteiger partial charge in [-0.3, -0.25) is 0 Å². The van der Waals surface area contributed by atoms with Crippen molar-refractivity contribution in [2.24, 2.45) is 5.41 Å². The lowest BCUT2D eigenvalue weighted by Crippen LogP contribution is -1.98. The van der Waals surface area contributed by atoms with Crippen molar-refractivity contribution in [1.82, 2.24) is 0 Å². The second-order valence-corrected chi connectivity index (χ2v) is 4.46. The van der Waals surface area contributed by atoms with Crippen LogP contribution in [0, 0.1) is 5.41 Å². The van der Waals surface area contributed by atoms with Gasteiger partial charge in [-0.2, -0.15) is 0 Å². The zero-order valence-corrected chi connectivity index (χ0v) is 8.75. The summed E-state index contributed by atoms with van der Waals surface area (Å²) in [5.41, 5.74) is 1.68. The van der Waals surface area contributed by atoms with E-state index in [-0.39, 0.29) is 0 Å². The summed E-state index contributed by atoms with van der Waals surface area (Å²) in [6.45, 7) is 6.65. The predicted molar refractivity (Wildman–Crippen MR) is 58.7 cm³/mol. The van der Waals surface area contributed by atoms with E-state index in [1.54, 1.807) is 0 Å². The minimum Gasteiger partial charge on any atom is -0.0836 e. The Kier molecular flexibility index (Phi) is 3.30. The van der Waals surface area contributed by atoms with Crippen molar-refractivity contribution >= 4 is 0 Å². The lowest BCUT2D eigenvalue weighted by Gasteiger charge is -2.10. The van der Waals surface area contributed by atoms with E-state index in [0.717, 1.165) is 6.42 Å². The molecule has 0 bridgehead atoms. The van der Waals surface area contributed by atoms with Gasteiger partial charge >= 0.3 is 0 Å². The van der Waals surface area contributed by atoms with E-state index in [4.69, 9.17) is 0 Å². The van der Waals surface area contributed by atoms with Gasteiger partial charge in [-0.1, -0.05) is 63.3 Å². The van der Waals surface area contributed by atoms with E-state index in [1.807, 2.05) is 0 Å². The molecule has 0 atom stereocenters. The molecule has 0 saturated heterocycles. The van der Waals surface area contributed by atoms with Crippen LogP contribution in [0.3, 0.4) is 0 Å². The molecule has 70 valence electrons. The first-order valence-corrected chi connectivity index (χ1v) is 4.79. The molecule has 0 aliphatic carbocycles. The Morgan fingerprint density at radius 2 is 1.69 bits per heavy atom. The third kappa shape index (κ3) is 4.51. The predicted octanol–water partition coefficient (Wildman–Crippen LogP) is 3.83. The summed E-state index contributed by atoms with van der Waals surface area (Å²) in [7, 11) is 0. The van der Waals surface area contributed by atoms with E-state index in [0.29, 0.717) is 5.41 Å². The molecule has 0 aliphatic heterocycles. The van der Waals surface area contributed by atoms with Gasteiger partial charge < -0.3 is 0 Å². The van der Waals surface area contributed by atoms with Crippen LogP contribution in [0.2, 0.25) is 0 Å². The van der Waals surface area contributed by atoms with E-state index >= 15 is 0 Å². The molecule has 0 fully saturated rings. The highest BCUT2D eigenvalue weighted by atomic mass is 14.1. The molecule has 0 N–H and O–H groups in total. The highest BCUT2D eigenvalue weighted by Crippen LogP contribution is 2.15. The fourth-order valence-corrected chi connectivity index (χ4v) is 1.16. The first-order chi connectivity index (χ1) is 6.08. The molecule has 0 amide bonds. The zero-order valence-electron chi connectivity index (χ0n) is 8.75.